The van der Waals surface area contributed by atoms with Crippen molar-refractivity contribution < 1.29 is 17.6 Å². The van der Waals surface area contributed by atoms with Crippen molar-refractivity contribution in [2.45, 2.75) is 11.4 Å². The summed E-state index contributed by atoms with van der Waals surface area (Å²) in [7, 11) is -2.06. The molecule has 1 amide bonds. The third-order valence-corrected chi connectivity index (χ3v) is 6.98. The fraction of sp³-hybridized carbons (Fsp3) is 0.333. The van der Waals surface area contributed by atoms with Gasteiger partial charge in [0.1, 0.15) is 11.9 Å². The van der Waals surface area contributed by atoms with Crippen LogP contribution in [0.5, 0.6) is 0 Å². The lowest BCUT2D eigenvalue weighted by Gasteiger charge is -2.35. The van der Waals surface area contributed by atoms with Gasteiger partial charge in [0.05, 0.1) is 17.0 Å². The van der Waals surface area contributed by atoms with Crippen LogP contribution in [0.1, 0.15) is 11.1 Å². The zero-order valence-electron chi connectivity index (χ0n) is 16.7. The van der Waals surface area contributed by atoms with Gasteiger partial charge in [-0.05, 0) is 25.2 Å². The van der Waals surface area contributed by atoms with Crippen molar-refractivity contribution in [3.8, 4) is 6.07 Å². The summed E-state index contributed by atoms with van der Waals surface area (Å²) in [5.41, 5.74) is 0.616. The number of carbonyl (C=O) groups is 1. The maximum absolute atomic E-state index is 13.8. The number of hydrogen-bond donors (Lipinski definition) is 0. The van der Waals surface area contributed by atoms with Crippen LogP contribution in [-0.4, -0.2) is 68.2 Å². The van der Waals surface area contributed by atoms with Crippen molar-refractivity contribution in [1.29, 1.82) is 5.26 Å². The average molecular weight is 431 g/mol. The lowest BCUT2D eigenvalue weighted by molar-refractivity contribution is -0.133. The number of halogens is 1. The highest BCUT2D eigenvalue weighted by molar-refractivity contribution is 7.89. The molecule has 30 heavy (non-hydrogen) atoms. The van der Waals surface area contributed by atoms with Crippen molar-refractivity contribution in [3.05, 3.63) is 65.5 Å². The number of sulfonamides is 1. The van der Waals surface area contributed by atoms with E-state index in [0.717, 1.165) is 0 Å². The van der Waals surface area contributed by atoms with Crippen LogP contribution in [0.2, 0.25) is 0 Å². The Bertz CT molecular complexity index is 1060. The third-order valence-electron chi connectivity index (χ3n) is 5.02. The maximum atomic E-state index is 13.8. The van der Waals surface area contributed by atoms with E-state index < -0.39 is 10.0 Å². The minimum absolute atomic E-state index is 0.0168. The third kappa shape index (κ3) is 4.84. The second-order valence-electron chi connectivity index (χ2n) is 7.16. The van der Waals surface area contributed by atoms with Crippen LogP contribution >= 0.6 is 0 Å². The Kier molecular flexibility index (Phi) is 6.82. The predicted octanol–water partition coefficient (Wildman–Crippen LogP) is 1.66. The zero-order valence-corrected chi connectivity index (χ0v) is 17.5. The molecule has 0 atom stereocenters. The Morgan fingerprint density at radius 2 is 1.73 bits per heavy atom. The molecule has 3 rings (SSSR count). The molecule has 9 heteroatoms. The standard InChI is InChI=1S/C21H23FN4O3S/c1-24(15-18-7-2-4-8-19(18)22)16-21(27)25-10-12-26(13-11-25)30(28,29)20-9-5-3-6-17(20)14-23/h2-9H,10-13,15-16H2,1H3. The van der Waals surface area contributed by atoms with Crippen molar-refractivity contribution in [2.24, 2.45) is 0 Å². The number of rotatable bonds is 6. The first kappa shape index (κ1) is 21.9. The molecule has 0 N–H and O–H groups in total. The van der Waals surface area contributed by atoms with Gasteiger partial charge in [0.25, 0.3) is 0 Å². The lowest BCUT2D eigenvalue weighted by Crippen LogP contribution is -2.52. The molecular formula is C21H23FN4O3S. The van der Waals surface area contributed by atoms with Crippen molar-refractivity contribution in [1.82, 2.24) is 14.1 Å². The monoisotopic (exact) mass is 430 g/mol. The van der Waals surface area contributed by atoms with E-state index in [-0.39, 0.29) is 54.9 Å². The van der Waals surface area contributed by atoms with Gasteiger partial charge in [0, 0.05) is 38.3 Å². The SMILES string of the molecule is CN(CC(=O)N1CCN(S(=O)(=O)c2ccccc2C#N)CC1)Cc1ccccc1F. The van der Waals surface area contributed by atoms with Gasteiger partial charge in [-0.15, -0.1) is 0 Å². The van der Waals surface area contributed by atoms with E-state index in [2.05, 4.69) is 0 Å². The van der Waals surface area contributed by atoms with Gasteiger partial charge in [-0.25, -0.2) is 12.8 Å². The van der Waals surface area contributed by atoms with Crippen molar-refractivity contribution in [3.63, 3.8) is 0 Å². The Labute approximate surface area is 176 Å². The van der Waals surface area contributed by atoms with Crippen LogP contribution in [0, 0.1) is 17.1 Å². The molecule has 0 radical (unpaired) electrons. The summed E-state index contributed by atoms with van der Waals surface area (Å²) in [6.07, 6.45) is 0. The summed E-state index contributed by atoms with van der Waals surface area (Å²) in [5, 5.41) is 9.19. The minimum atomic E-state index is -3.80. The van der Waals surface area contributed by atoms with E-state index in [0.29, 0.717) is 12.1 Å². The molecule has 0 spiro atoms. The van der Waals surface area contributed by atoms with Crippen LogP contribution in [0.15, 0.2) is 53.4 Å². The van der Waals surface area contributed by atoms with Crippen LogP contribution in [0.4, 0.5) is 4.39 Å². The molecular weight excluding hydrogens is 407 g/mol. The second-order valence-corrected chi connectivity index (χ2v) is 9.06. The Balaban J connectivity index is 1.58. The van der Waals surface area contributed by atoms with E-state index in [1.807, 2.05) is 6.07 Å². The topological polar surface area (TPSA) is 84.7 Å². The molecule has 1 aliphatic rings. The molecule has 0 bridgehead atoms. The number of piperazine rings is 1. The molecule has 2 aromatic carbocycles. The van der Waals surface area contributed by atoms with Gasteiger partial charge in [-0.2, -0.15) is 9.57 Å². The molecule has 1 heterocycles. The molecule has 1 saturated heterocycles. The molecule has 7 nitrogen and oxygen atoms in total. The number of hydrogen-bond acceptors (Lipinski definition) is 5. The maximum Gasteiger partial charge on any atom is 0.244 e. The molecule has 0 saturated carbocycles. The van der Waals surface area contributed by atoms with Crippen LogP contribution < -0.4 is 0 Å². The first-order valence-corrected chi connectivity index (χ1v) is 11.0. The van der Waals surface area contributed by atoms with E-state index in [9.17, 15) is 22.9 Å². The quantitative estimate of drug-likeness (QED) is 0.696. The van der Waals surface area contributed by atoms with E-state index in [4.69, 9.17) is 0 Å². The smallest absolute Gasteiger partial charge is 0.244 e. The van der Waals surface area contributed by atoms with Gasteiger partial charge in [-0.3, -0.25) is 9.69 Å². The molecule has 0 aromatic heterocycles. The number of nitrogens with zero attached hydrogens (tertiary/aromatic N) is 4. The number of nitriles is 1. The molecule has 1 aliphatic heterocycles. The van der Waals surface area contributed by atoms with E-state index in [1.54, 1.807) is 47.2 Å². The number of carbonyl (C=O) groups excluding carboxylic acids is 1. The fourth-order valence-electron chi connectivity index (χ4n) is 3.41. The highest BCUT2D eigenvalue weighted by Crippen LogP contribution is 2.21. The van der Waals surface area contributed by atoms with Gasteiger partial charge >= 0.3 is 0 Å². The highest BCUT2D eigenvalue weighted by Gasteiger charge is 2.31. The molecule has 1 fully saturated rings. The first-order valence-electron chi connectivity index (χ1n) is 9.52. The van der Waals surface area contributed by atoms with Gasteiger partial charge < -0.3 is 4.90 Å². The van der Waals surface area contributed by atoms with Crippen molar-refractivity contribution >= 4 is 15.9 Å². The number of amides is 1. The second kappa shape index (κ2) is 9.34. The minimum Gasteiger partial charge on any atom is -0.339 e. The normalized spacial score (nSPS) is 15.2. The predicted molar refractivity (Wildman–Crippen MR) is 109 cm³/mol. The Morgan fingerprint density at radius 3 is 2.40 bits per heavy atom. The molecule has 0 unspecified atom stereocenters. The average Bonchev–Trinajstić information content (AvgIpc) is 2.75. The van der Waals surface area contributed by atoms with Gasteiger partial charge in [-0.1, -0.05) is 30.3 Å². The molecule has 0 aliphatic carbocycles. The fourth-order valence-corrected chi connectivity index (χ4v) is 4.97. The molecule has 158 valence electrons. The van der Waals surface area contributed by atoms with Crippen LogP contribution in [-0.2, 0) is 21.4 Å². The number of likely N-dealkylation sites (N-methyl/N-ethyl adjacent to an activating group) is 1. The zero-order chi connectivity index (χ0) is 21.7. The van der Waals surface area contributed by atoms with Gasteiger partial charge in [0.2, 0.25) is 15.9 Å². The first-order chi connectivity index (χ1) is 14.3. The summed E-state index contributed by atoms with van der Waals surface area (Å²) in [6.45, 7) is 1.26. The Hall–Kier alpha value is -2.80. The number of benzene rings is 2. The van der Waals surface area contributed by atoms with Crippen molar-refractivity contribution in [2.75, 3.05) is 39.8 Å². The largest absolute Gasteiger partial charge is 0.339 e. The van der Waals surface area contributed by atoms with E-state index in [1.165, 1.54) is 22.5 Å². The summed E-state index contributed by atoms with van der Waals surface area (Å²) in [5.74, 6) is -0.448. The highest BCUT2D eigenvalue weighted by atomic mass is 32.2. The molecule has 2 aromatic rings. The summed E-state index contributed by atoms with van der Waals surface area (Å²) in [4.78, 5) is 15.9. The summed E-state index contributed by atoms with van der Waals surface area (Å²) >= 11 is 0. The Morgan fingerprint density at radius 1 is 1.10 bits per heavy atom. The van der Waals surface area contributed by atoms with Gasteiger partial charge in [0.15, 0.2) is 0 Å². The van der Waals surface area contributed by atoms with Crippen LogP contribution in [0.3, 0.4) is 0 Å². The summed E-state index contributed by atoms with van der Waals surface area (Å²) in [6, 6.07) is 14.4. The lowest BCUT2D eigenvalue weighted by atomic mass is 10.2. The van der Waals surface area contributed by atoms with E-state index >= 15 is 0 Å². The van der Waals surface area contributed by atoms with Crippen LogP contribution in [0.25, 0.3) is 0 Å². The summed E-state index contributed by atoms with van der Waals surface area (Å²) < 4.78 is 40.9.